The third-order valence-corrected chi connectivity index (χ3v) is 4.39. The monoisotopic (exact) mass is 320 g/mol. The molecule has 1 aromatic carbocycles. The van der Waals surface area contributed by atoms with E-state index >= 15 is 0 Å². The van der Waals surface area contributed by atoms with E-state index in [0.29, 0.717) is 6.42 Å². The molecule has 1 atom stereocenters. The molecule has 0 radical (unpaired) electrons. The number of aromatic nitrogens is 1. The van der Waals surface area contributed by atoms with Gasteiger partial charge in [0.2, 0.25) is 10.0 Å². The molecule has 0 spiro atoms. The van der Waals surface area contributed by atoms with Gasteiger partial charge in [0, 0.05) is 30.9 Å². The first-order valence-electron chi connectivity index (χ1n) is 7.00. The summed E-state index contributed by atoms with van der Waals surface area (Å²) in [4.78, 5) is 0. The topological polar surface area (TPSA) is 71.3 Å². The van der Waals surface area contributed by atoms with E-state index < -0.39 is 16.1 Å². The highest BCUT2D eigenvalue weighted by Gasteiger charge is 2.12. The van der Waals surface area contributed by atoms with Crippen LogP contribution in [0.2, 0.25) is 0 Å². The second-order valence-electron chi connectivity index (χ2n) is 5.00. The lowest BCUT2D eigenvalue weighted by Gasteiger charge is -2.12. The summed E-state index contributed by atoms with van der Waals surface area (Å²) in [7, 11) is -1.66. The Morgan fingerprint density at radius 2 is 1.95 bits per heavy atom. The van der Waals surface area contributed by atoms with E-state index in [4.69, 9.17) is 0 Å². The Labute approximate surface area is 131 Å². The fraction of sp³-hybridized carbons (Fsp3) is 0.250. The third-order valence-electron chi connectivity index (χ3n) is 3.29. The zero-order valence-corrected chi connectivity index (χ0v) is 13.2. The van der Waals surface area contributed by atoms with Crippen LogP contribution in [0, 0.1) is 0 Å². The molecule has 6 heteroatoms. The van der Waals surface area contributed by atoms with Gasteiger partial charge >= 0.3 is 0 Å². The Kier molecular flexibility index (Phi) is 5.54. The molecule has 0 saturated carbocycles. The van der Waals surface area contributed by atoms with Crippen molar-refractivity contribution in [3.63, 3.8) is 0 Å². The molecule has 0 aliphatic rings. The first kappa shape index (κ1) is 16.5. The summed E-state index contributed by atoms with van der Waals surface area (Å²) >= 11 is 0. The maximum absolute atomic E-state index is 11.9. The first-order chi connectivity index (χ1) is 10.5. The van der Waals surface area contributed by atoms with Crippen LogP contribution < -0.4 is 4.72 Å². The summed E-state index contributed by atoms with van der Waals surface area (Å²) in [5, 5.41) is 11.2. The molecular formula is C16H20N2O3S. The Morgan fingerprint density at radius 3 is 2.59 bits per heavy atom. The van der Waals surface area contributed by atoms with E-state index in [1.54, 1.807) is 0 Å². The van der Waals surface area contributed by atoms with Crippen molar-refractivity contribution in [1.29, 1.82) is 0 Å². The predicted molar refractivity (Wildman–Crippen MR) is 87.4 cm³/mol. The average molecular weight is 320 g/mol. The van der Waals surface area contributed by atoms with Crippen molar-refractivity contribution in [2.75, 3.05) is 6.54 Å². The Balaban J connectivity index is 1.85. The normalized spacial score (nSPS) is 13.5. The molecular weight excluding hydrogens is 300 g/mol. The maximum atomic E-state index is 11.9. The van der Waals surface area contributed by atoms with Crippen molar-refractivity contribution in [1.82, 2.24) is 9.29 Å². The lowest BCUT2D eigenvalue weighted by atomic mass is 10.2. The van der Waals surface area contributed by atoms with Crippen LogP contribution in [0.3, 0.4) is 0 Å². The van der Waals surface area contributed by atoms with Gasteiger partial charge in [-0.3, -0.25) is 0 Å². The molecule has 0 bridgehead atoms. The van der Waals surface area contributed by atoms with Crippen LogP contribution >= 0.6 is 0 Å². The van der Waals surface area contributed by atoms with Crippen molar-refractivity contribution < 1.29 is 13.5 Å². The lowest BCUT2D eigenvalue weighted by molar-refractivity contribution is 0.161. The highest BCUT2D eigenvalue weighted by atomic mass is 32.2. The lowest BCUT2D eigenvalue weighted by Crippen LogP contribution is -2.24. The number of rotatable bonds is 7. The van der Waals surface area contributed by atoms with Gasteiger partial charge in [0.15, 0.2) is 0 Å². The molecule has 0 aliphatic heterocycles. The second kappa shape index (κ2) is 7.40. The standard InChI is InChI=1S/C16H20N2O3S/c1-18-12-5-8-15(18)16(19)9-11-17-22(20,21)13-10-14-6-3-2-4-7-14/h2-8,10,12-13,16-17,19H,9,11H2,1H3/b13-10+/t16-/m0/s1. The minimum atomic E-state index is -3.50. The average Bonchev–Trinajstić information content (AvgIpc) is 2.92. The number of sulfonamides is 1. The number of hydrogen-bond acceptors (Lipinski definition) is 3. The van der Waals surface area contributed by atoms with Crippen molar-refractivity contribution in [2.24, 2.45) is 7.05 Å². The second-order valence-corrected chi connectivity index (χ2v) is 6.65. The van der Waals surface area contributed by atoms with Gasteiger partial charge in [0.25, 0.3) is 0 Å². The van der Waals surface area contributed by atoms with Crippen LogP contribution in [0.1, 0.15) is 23.8 Å². The summed E-state index contributed by atoms with van der Waals surface area (Å²) in [6, 6.07) is 12.9. The highest BCUT2D eigenvalue weighted by Crippen LogP contribution is 2.15. The number of nitrogens with one attached hydrogen (secondary N) is 1. The molecule has 1 aromatic heterocycles. The molecule has 0 amide bonds. The quantitative estimate of drug-likeness (QED) is 0.820. The number of aliphatic hydroxyl groups is 1. The summed E-state index contributed by atoms with van der Waals surface area (Å²) in [5.74, 6) is 0. The third kappa shape index (κ3) is 4.84. The first-order valence-corrected chi connectivity index (χ1v) is 8.55. The van der Waals surface area contributed by atoms with E-state index in [-0.39, 0.29) is 6.54 Å². The molecule has 0 fully saturated rings. The van der Waals surface area contributed by atoms with Gasteiger partial charge < -0.3 is 9.67 Å². The molecule has 1 heterocycles. The molecule has 2 aromatic rings. The predicted octanol–water partition coefficient (Wildman–Crippen LogP) is 2.04. The minimum Gasteiger partial charge on any atom is -0.387 e. The van der Waals surface area contributed by atoms with Gasteiger partial charge in [-0.1, -0.05) is 30.3 Å². The number of aryl methyl sites for hydroxylation is 1. The van der Waals surface area contributed by atoms with E-state index in [1.807, 2.05) is 60.3 Å². The molecule has 22 heavy (non-hydrogen) atoms. The Morgan fingerprint density at radius 1 is 1.23 bits per heavy atom. The molecule has 2 rings (SSSR count). The van der Waals surface area contributed by atoms with Gasteiger partial charge in [-0.25, -0.2) is 13.1 Å². The van der Waals surface area contributed by atoms with E-state index in [2.05, 4.69) is 4.72 Å². The SMILES string of the molecule is Cn1cccc1[C@@H](O)CCNS(=O)(=O)/C=C/c1ccccc1. The van der Waals surface area contributed by atoms with Gasteiger partial charge in [0.1, 0.15) is 0 Å². The van der Waals surface area contributed by atoms with Crippen LogP contribution in [0.15, 0.2) is 54.1 Å². The Hall–Kier alpha value is -1.89. The van der Waals surface area contributed by atoms with Crippen LogP contribution in [-0.2, 0) is 17.1 Å². The summed E-state index contributed by atoms with van der Waals surface area (Å²) < 4.78 is 28.0. The molecule has 0 unspecified atom stereocenters. The molecule has 2 N–H and O–H groups in total. The highest BCUT2D eigenvalue weighted by molar-refractivity contribution is 7.92. The van der Waals surface area contributed by atoms with Gasteiger partial charge in [-0.2, -0.15) is 0 Å². The van der Waals surface area contributed by atoms with Gasteiger partial charge in [0.05, 0.1) is 6.10 Å². The fourth-order valence-corrected chi connectivity index (χ4v) is 2.92. The molecule has 5 nitrogen and oxygen atoms in total. The summed E-state index contributed by atoms with van der Waals surface area (Å²) in [6.07, 6.45) is 3.00. The summed E-state index contributed by atoms with van der Waals surface area (Å²) in [6.45, 7) is 0.174. The number of aliphatic hydroxyl groups excluding tert-OH is 1. The molecule has 118 valence electrons. The maximum Gasteiger partial charge on any atom is 0.233 e. The number of hydrogen-bond donors (Lipinski definition) is 2. The van der Waals surface area contributed by atoms with Crippen LogP contribution in [0.25, 0.3) is 6.08 Å². The van der Waals surface area contributed by atoms with Gasteiger partial charge in [-0.05, 0) is 30.2 Å². The van der Waals surface area contributed by atoms with Crippen LogP contribution in [0.5, 0.6) is 0 Å². The smallest absolute Gasteiger partial charge is 0.233 e. The molecule has 0 saturated heterocycles. The number of benzene rings is 1. The van der Waals surface area contributed by atoms with Crippen molar-refractivity contribution >= 4 is 16.1 Å². The Bertz CT molecular complexity index is 721. The van der Waals surface area contributed by atoms with E-state index in [0.717, 1.165) is 16.7 Å². The van der Waals surface area contributed by atoms with E-state index in [9.17, 15) is 13.5 Å². The van der Waals surface area contributed by atoms with Gasteiger partial charge in [-0.15, -0.1) is 0 Å². The fourth-order valence-electron chi connectivity index (χ4n) is 2.09. The minimum absolute atomic E-state index is 0.174. The largest absolute Gasteiger partial charge is 0.387 e. The molecule has 0 aliphatic carbocycles. The van der Waals surface area contributed by atoms with Crippen molar-refractivity contribution in [3.05, 3.63) is 65.3 Å². The van der Waals surface area contributed by atoms with Crippen molar-refractivity contribution in [3.8, 4) is 0 Å². The zero-order valence-electron chi connectivity index (χ0n) is 12.4. The van der Waals surface area contributed by atoms with E-state index in [1.165, 1.54) is 6.08 Å². The van der Waals surface area contributed by atoms with Crippen LogP contribution in [-0.4, -0.2) is 24.6 Å². The van der Waals surface area contributed by atoms with Crippen LogP contribution in [0.4, 0.5) is 0 Å². The summed E-state index contributed by atoms with van der Waals surface area (Å²) in [5.41, 5.74) is 1.58. The van der Waals surface area contributed by atoms with Crippen molar-refractivity contribution in [2.45, 2.75) is 12.5 Å². The zero-order chi connectivity index (χ0) is 16.0. The number of nitrogens with zero attached hydrogens (tertiary/aromatic N) is 1.